The Morgan fingerprint density at radius 3 is 2.50 bits per heavy atom. The average Bonchev–Trinajstić information content (AvgIpc) is 3.49. The molecule has 4 atom stereocenters. The van der Waals surface area contributed by atoms with E-state index in [1.54, 1.807) is 0 Å². The Bertz CT molecular complexity index is 1290. The smallest absolute Gasteiger partial charge is 0.324 e. The van der Waals surface area contributed by atoms with Gasteiger partial charge in [0.25, 0.3) is 0 Å². The van der Waals surface area contributed by atoms with Crippen molar-refractivity contribution in [3.8, 4) is 0 Å². The maximum atomic E-state index is 13.9. The number of hydrogen-bond acceptors (Lipinski definition) is 4. The lowest BCUT2D eigenvalue weighted by Gasteiger charge is -2.37. The Labute approximate surface area is 193 Å². The molecule has 6 nitrogen and oxygen atoms in total. The van der Waals surface area contributed by atoms with E-state index in [1.165, 1.54) is 12.1 Å². The second-order valence-corrected chi connectivity index (χ2v) is 9.58. The molecular weight excluding hydrogens is 447 g/mol. The van der Waals surface area contributed by atoms with Crippen molar-refractivity contribution < 1.29 is 27.6 Å². The van der Waals surface area contributed by atoms with Crippen LogP contribution in [0.4, 0.5) is 24.5 Å². The third kappa shape index (κ3) is 2.38. The number of amides is 3. The molecule has 1 N–H and O–H groups in total. The van der Waals surface area contributed by atoms with Crippen LogP contribution < -0.4 is 10.2 Å². The summed E-state index contributed by atoms with van der Waals surface area (Å²) in [5, 5.41) is 2.95. The Morgan fingerprint density at radius 2 is 1.76 bits per heavy atom. The number of hydrogen-bond donors (Lipinski definition) is 1. The number of halogens is 3. The number of aryl methyl sites for hydroxylation is 1. The van der Waals surface area contributed by atoms with Crippen molar-refractivity contribution in [1.82, 2.24) is 4.90 Å². The summed E-state index contributed by atoms with van der Waals surface area (Å²) >= 11 is 0. The highest BCUT2D eigenvalue weighted by molar-refractivity contribution is 6.26. The van der Waals surface area contributed by atoms with Gasteiger partial charge in [0.2, 0.25) is 17.7 Å². The number of imide groups is 1. The molecule has 0 saturated carbocycles. The van der Waals surface area contributed by atoms with Gasteiger partial charge in [-0.2, -0.15) is 13.2 Å². The van der Waals surface area contributed by atoms with Crippen LogP contribution in [0.25, 0.3) is 0 Å². The molecule has 0 bridgehead atoms. The van der Waals surface area contributed by atoms with Crippen molar-refractivity contribution in [1.29, 1.82) is 0 Å². The number of rotatable bonds is 1. The zero-order valence-corrected chi connectivity index (χ0v) is 18.6. The second kappa shape index (κ2) is 6.69. The minimum Gasteiger partial charge on any atom is -0.324 e. The van der Waals surface area contributed by atoms with E-state index >= 15 is 0 Å². The molecule has 0 radical (unpaired) electrons. The fraction of sp³-hybridized carbons (Fsp3) is 0.400. The number of nitrogens with one attached hydrogen (secondary N) is 1. The molecule has 0 aliphatic carbocycles. The summed E-state index contributed by atoms with van der Waals surface area (Å²) < 4.78 is 41.3. The Kier molecular flexibility index (Phi) is 4.20. The standard InChI is InChI=1S/C25H22F3N3O3/c1-12-9-10-15-20(13(12)2)29-23(34)24(15)19-18(17-8-5-11-30(17)24)21(32)31(22(19)33)16-7-4-3-6-14(16)25(26,27)28/h3-4,6-7,9-10,17-19H,5,8,11H2,1-2H3,(H,29,34)/t17-,18+,19-,24+/m0/s1. The van der Waals surface area contributed by atoms with Crippen molar-refractivity contribution in [2.75, 3.05) is 16.8 Å². The van der Waals surface area contributed by atoms with Crippen LogP contribution in [0.2, 0.25) is 0 Å². The highest BCUT2D eigenvalue weighted by Gasteiger charge is 2.75. The summed E-state index contributed by atoms with van der Waals surface area (Å²) in [6.07, 6.45) is -3.40. The molecular formula is C25H22F3N3O3. The minimum atomic E-state index is -4.74. The highest BCUT2D eigenvalue weighted by atomic mass is 19.4. The summed E-state index contributed by atoms with van der Waals surface area (Å²) in [4.78, 5) is 43.9. The van der Waals surface area contributed by atoms with Gasteiger partial charge in [0, 0.05) is 17.3 Å². The van der Waals surface area contributed by atoms with Crippen LogP contribution in [0.1, 0.15) is 35.1 Å². The molecule has 2 aromatic carbocycles. The van der Waals surface area contributed by atoms with Crippen LogP contribution in [-0.4, -0.2) is 35.2 Å². The summed E-state index contributed by atoms with van der Waals surface area (Å²) in [6, 6.07) is 7.93. The van der Waals surface area contributed by atoms with E-state index in [0.29, 0.717) is 29.1 Å². The zero-order chi connectivity index (χ0) is 24.2. The number of nitrogens with zero attached hydrogens (tertiary/aromatic N) is 2. The van der Waals surface area contributed by atoms with Crippen LogP contribution in [0.15, 0.2) is 36.4 Å². The minimum absolute atomic E-state index is 0.386. The van der Waals surface area contributed by atoms with Gasteiger partial charge in [-0.3, -0.25) is 19.3 Å². The number of anilines is 2. The Hall–Kier alpha value is -3.20. The molecule has 4 aliphatic heterocycles. The number of benzene rings is 2. The van der Waals surface area contributed by atoms with E-state index in [2.05, 4.69) is 5.32 Å². The quantitative estimate of drug-likeness (QED) is 0.646. The van der Waals surface area contributed by atoms with E-state index in [4.69, 9.17) is 0 Å². The van der Waals surface area contributed by atoms with Gasteiger partial charge in [-0.15, -0.1) is 0 Å². The predicted octanol–water partition coefficient (Wildman–Crippen LogP) is 3.75. The molecule has 6 rings (SSSR count). The molecule has 3 amide bonds. The maximum Gasteiger partial charge on any atom is 0.418 e. The summed E-state index contributed by atoms with van der Waals surface area (Å²) in [7, 11) is 0. The first kappa shape index (κ1) is 21.3. The van der Waals surface area contributed by atoms with E-state index in [0.717, 1.165) is 29.7 Å². The highest BCUT2D eigenvalue weighted by Crippen LogP contribution is 2.61. The number of carbonyl (C=O) groups is 3. The van der Waals surface area contributed by atoms with Gasteiger partial charge in [0.15, 0.2) is 0 Å². The first-order valence-electron chi connectivity index (χ1n) is 11.3. The number of carbonyl (C=O) groups excluding carboxylic acids is 3. The van der Waals surface area contributed by atoms with E-state index < -0.39 is 46.6 Å². The second-order valence-electron chi connectivity index (χ2n) is 9.58. The van der Waals surface area contributed by atoms with E-state index in [1.807, 2.05) is 30.9 Å². The third-order valence-corrected chi connectivity index (χ3v) is 8.15. The van der Waals surface area contributed by atoms with Gasteiger partial charge in [-0.05, 0) is 56.5 Å². The van der Waals surface area contributed by atoms with Gasteiger partial charge in [-0.25, -0.2) is 4.90 Å². The lowest BCUT2D eigenvalue weighted by atomic mass is 9.75. The molecule has 4 aliphatic rings. The van der Waals surface area contributed by atoms with Crippen molar-refractivity contribution in [2.45, 2.75) is 44.4 Å². The normalized spacial score (nSPS) is 30.2. The first-order chi connectivity index (χ1) is 16.1. The summed E-state index contributed by atoms with van der Waals surface area (Å²) in [5.41, 5.74) is 0.178. The van der Waals surface area contributed by atoms with Gasteiger partial charge in [0.1, 0.15) is 5.54 Å². The van der Waals surface area contributed by atoms with Crippen molar-refractivity contribution in [3.63, 3.8) is 0 Å². The number of alkyl halides is 3. The molecule has 0 unspecified atom stereocenters. The summed E-state index contributed by atoms with van der Waals surface area (Å²) in [5.74, 6) is -3.76. The molecule has 2 aromatic rings. The summed E-state index contributed by atoms with van der Waals surface area (Å²) in [6.45, 7) is 4.34. The largest absolute Gasteiger partial charge is 0.418 e. The Morgan fingerprint density at radius 1 is 1.03 bits per heavy atom. The molecule has 34 heavy (non-hydrogen) atoms. The monoisotopic (exact) mass is 469 g/mol. The zero-order valence-electron chi connectivity index (χ0n) is 18.6. The van der Waals surface area contributed by atoms with Crippen molar-refractivity contribution in [3.05, 3.63) is 58.7 Å². The van der Waals surface area contributed by atoms with Crippen LogP contribution in [-0.2, 0) is 26.1 Å². The van der Waals surface area contributed by atoms with Crippen LogP contribution in [0, 0.1) is 25.7 Å². The number of para-hydroxylation sites is 1. The fourth-order valence-electron chi connectivity index (χ4n) is 6.67. The van der Waals surface area contributed by atoms with Crippen molar-refractivity contribution in [2.24, 2.45) is 11.8 Å². The van der Waals surface area contributed by atoms with Gasteiger partial charge in [0.05, 0.1) is 23.1 Å². The molecule has 0 aromatic heterocycles. The third-order valence-electron chi connectivity index (χ3n) is 8.15. The van der Waals surface area contributed by atoms with Crippen molar-refractivity contribution >= 4 is 29.1 Å². The molecule has 9 heteroatoms. The molecule has 3 saturated heterocycles. The van der Waals surface area contributed by atoms with Gasteiger partial charge >= 0.3 is 6.18 Å². The lowest BCUT2D eigenvalue weighted by molar-refractivity contribution is -0.138. The topological polar surface area (TPSA) is 69.7 Å². The molecule has 4 heterocycles. The van der Waals surface area contributed by atoms with E-state index in [9.17, 15) is 27.6 Å². The lowest BCUT2D eigenvalue weighted by Crippen LogP contribution is -2.54. The maximum absolute atomic E-state index is 13.9. The van der Waals surface area contributed by atoms with Gasteiger partial charge < -0.3 is 5.32 Å². The molecule has 176 valence electrons. The predicted molar refractivity (Wildman–Crippen MR) is 117 cm³/mol. The van der Waals surface area contributed by atoms with Crippen LogP contribution >= 0.6 is 0 Å². The SMILES string of the molecule is Cc1ccc2c(c1C)NC(=O)[C@]21[C@@H]2C(=O)N(c3ccccc3C(F)(F)F)C(=O)[C@@H]2[C@@H]2CCCN21. The Balaban J connectivity index is 1.57. The van der Waals surface area contributed by atoms with Gasteiger partial charge in [-0.1, -0.05) is 24.3 Å². The number of fused-ring (bicyclic) bond motifs is 7. The molecule has 3 fully saturated rings. The van der Waals surface area contributed by atoms with E-state index in [-0.39, 0.29) is 11.9 Å². The fourth-order valence-corrected chi connectivity index (χ4v) is 6.67. The first-order valence-corrected chi connectivity index (χ1v) is 11.3. The molecule has 1 spiro atoms. The van der Waals surface area contributed by atoms with Crippen LogP contribution in [0.5, 0.6) is 0 Å². The van der Waals surface area contributed by atoms with Crippen LogP contribution in [0.3, 0.4) is 0 Å². The average molecular weight is 469 g/mol.